The third-order valence-electron chi connectivity index (χ3n) is 1.84. The van der Waals surface area contributed by atoms with Gasteiger partial charge in [-0.15, -0.1) is 11.8 Å². The highest BCUT2D eigenvalue weighted by Crippen LogP contribution is 2.34. The molecule has 3 nitrogen and oxygen atoms in total. The van der Waals surface area contributed by atoms with Crippen LogP contribution >= 0.6 is 11.8 Å². The van der Waals surface area contributed by atoms with Crippen LogP contribution in [0.4, 0.5) is 5.82 Å². The first-order chi connectivity index (χ1) is 6.94. The Labute approximate surface area is 95.9 Å². The lowest BCUT2D eigenvalue weighted by atomic mass is 10.2. The minimum absolute atomic E-state index is 0.156. The summed E-state index contributed by atoms with van der Waals surface area (Å²) in [4.78, 5) is 8.36. The number of nitrogens with two attached hydrogens (primary N) is 1. The zero-order valence-corrected chi connectivity index (χ0v) is 10.7. The molecule has 1 rings (SSSR count). The molecule has 0 saturated carbocycles. The number of anilines is 1. The second-order valence-electron chi connectivity index (χ2n) is 4.51. The van der Waals surface area contributed by atoms with Crippen LogP contribution < -0.4 is 5.73 Å². The monoisotopic (exact) mass is 225 g/mol. The van der Waals surface area contributed by atoms with E-state index in [0.717, 1.165) is 23.4 Å². The number of nitrogen functional groups attached to an aromatic ring is 1. The van der Waals surface area contributed by atoms with E-state index in [1.165, 1.54) is 0 Å². The van der Waals surface area contributed by atoms with Gasteiger partial charge in [-0.25, -0.2) is 9.97 Å². The van der Waals surface area contributed by atoms with E-state index >= 15 is 0 Å². The van der Waals surface area contributed by atoms with Crippen LogP contribution in [0.2, 0.25) is 0 Å². The fourth-order valence-corrected chi connectivity index (χ4v) is 2.28. The third kappa shape index (κ3) is 3.70. The number of hydrogen-bond donors (Lipinski definition) is 1. The first kappa shape index (κ1) is 12.3. The van der Waals surface area contributed by atoms with Crippen LogP contribution in [0.5, 0.6) is 0 Å². The first-order valence-electron chi connectivity index (χ1n) is 5.22. The Morgan fingerprint density at radius 3 is 2.53 bits per heavy atom. The zero-order valence-electron chi connectivity index (χ0n) is 9.87. The van der Waals surface area contributed by atoms with E-state index < -0.39 is 0 Å². The van der Waals surface area contributed by atoms with Gasteiger partial charge in [0, 0.05) is 10.3 Å². The molecule has 1 heterocycles. The van der Waals surface area contributed by atoms with Gasteiger partial charge in [0.2, 0.25) is 0 Å². The lowest BCUT2D eigenvalue weighted by Gasteiger charge is -2.19. The largest absolute Gasteiger partial charge is 0.383 e. The van der Waals surface area contributed by atoms with Gasteiger partial charge in [0.25, 0.3) is 0 Å². The summed E-state index contributed by atoms with van der Waals surface area (Å²) in [5.41, 5.74) is 6.96. The van der Waals surface area contributed by atoms with Crippen LogP contribution in [0.25, 0.3) is 0 Å². The molecule has 0 aliphatic carbocycles. The first-order valence-corrected chi connectivity index (χ1v) is 6.04. The Hall–Kier alpha value is -0.770. The standard InChI is InChI=1S/C11H19N3S/c1-5-6-8-9(12)13-7-14-10(8)15-11(2,3)4/h7H,5-6H2,1-4H3,(H2,12,13,14). The van der Waals surface area contributed by atoms with Gasteiger partial charge in [-0.2, -0.15) is 0 Å². The topological polar surface area (TPSA) is 51.8 Å². The molecule has 2 N–H and O–H groups in total. The van der Waals surface area contributed by atoms with Gasteiger partial charge in [-0.3, -0.25) is 0 Å². The highest BCUT2D eigenvalue weighted by Gasteiger charge is 2.17. The lowest BCUT2D eigenvalue weighted by molar-refractivity contribution is 0.790. The minimum Gasteiger partial charge on any atom is -0.383 e. The molecule has 0 fully saturated rings. The average molecular weight is 225 g/mol. The van der Waals surface area contributed by atoms with E-state index in [-0.39, 0.29) is 4.75 Å². The Morgan fingerprint density at radius 1 is 1.33 bits per heavy atom. The second-order valence-corrected chi connectivity index (χ2v) is 6.32. The molecule has 0 bridgehead atoms. The van der Waals surface area contributed by atoms with Crippen LogP contribution in [-0.2, 0) is 6.42 Å². The average Bonchev–Trinajstić information content (AvgIpc) is 2.08. The van der Waals surface area contributed by atoms with E-state index in [0.29, 0.717) is 5.82 Å². The number of hydrogen-bond acceptors (Lipinski definition) is 4. The molecule has 84 valence electrons. The van der Waals surface area contributed by atoms with Crippen molar-refractivity contribution < 1.29 is 0 Å². The summed E-state index contributed by atoms with van der Waals surface area (Å²) in [6.07, 6.45) is 3.56. The fourth-order valence-electron chi connectivity index (χ4n) is 1.27. The van der Waals surface area contributed by atoms with Gasteiger partial charge in [0.1, 0.15) is 17.2 Å². The molecular formula is C11H19N3S. The quantitative estimate of drug-likeness (QED) is 0.635. The molecule has 1 aromatic heterocycles. The van der Waals surface area contributed by atoms with Crippen molar-refractivity contribution in [3.05, 3.63) is 11.9 Å². The maximum Gasteiger partial charge on any atom is 0.131 e. The van der Waals surface area contributed by atoms with E-state index in [9.17, 15) is 0 Å². The van der Waals surface area contributed by atoms with Crippen molar-refractivity contribution in [1.29, 1.82) is 0 Å². The van der Waals surface area contributed by atoms with Gasteiger partial charge in [0.15, 0.2) is 0 Å². The van der Waals surface area contributed by atoms with Gasteiger partial charge in [0.05, 0.1) is 0 Å². The van der Waals surface area contributed by atoms with E-state index in [4.69, 9.17) is 5.73 Å². The number of thioether (sulfide) groups is 1. The molecule has 0 aliphatic heterocycles. The van der Waals surface area contributed by atoms with Crippen LogP contribution in [0.1, 0.15) is 39.7 Å². The van der Waals surface area contributed by atoms with Crippen LogP contribution in [0.15, 0.2) is 11.4 Å². The summed E-state index contributed by atoms with van der Waals surface area (Å²) < 4.78 is 0.156. The minimum atomic E-state index is 0.156. The van der Waals surface area contributed by atoms with Gasteiger partial charge in [-0.05, 0) is 6.42 Å². The molecule has 0 aliphatic rings. The van der Waals surface area contributed by atoms with Crippen molar-refractivity contribution in [3.8, 4) is 0 Å². The highest BCUT2D eigenvalue weighted by molar-refractivity contribution is 8.00. The van der Waals surface area contributed by atoms with Gasteiger partial charge < -0.3 is 5.73 Å². The van der Waals surface area contributed by atoms with E-state index in [1.54, 1.807) is 18.1 Å². The number of aromatic nitrogens is 2. The van der Waals surface area contributed by atoms with Crippen molar-refractivity contribution in [3.63, 3.8) is 0 Å². The molecule has 0 radical (unpaired) electrons. The summed E-state index contributed by atoms with van der Waals surface area (Å²) in [7, 11) is 0. The van der Waals surface area contributed by atoms with E-state index in [2.05, 4.69) is 37.7 Å². The molecule has 15 heavy (non-hydrogen) atoms. The summed E-state index contributed by atoms with van der Waals surface area (Å²) in [5, 5.41) is 1.02. The molecule has 1 aromatic rings. The number of nitrogens with zero attached hydrogens (tertiary/aromatic N) is 2. The summed E-state index contributed by atoms with van der Waals surface area (Å²) in [6, 6.07) is 0. The normalized spacial score (nSPS) is 11.7. The SMILES string of the molecule is CCCc1c(N)ncnc1SC(C)(C)C. The maximum absolute atomic E-state index is 5.86. The van der Waals surface area contributed by atoms with E-state index in [1.807, 2.05) is 0 Å². The van der Waals surface area contributed by atoms with Crippen molar-refractivity contribution in [2.24, 2.45) is 0 Å². The molecule has 4 heteroatoms. The lowest BCUT2D eigenvalue weighted by Crippen LogP contribution is -2.10. The number of rotatable bonds is 3. The highest BCUT2D eigenvalue weighted by atomic mass is 32.2. The molecule has 0 aromatic carbocycles. The predicted octanol–water partition coefficient (Wildman–Crippen LogP) is 2.90. The Morgan fingerprint density at radius 2 is 2.00 bits per heavy atom. The molecule has 0 spiro atoms. The Balaban J connectivity index is 3.00. The van der Waals surface area contributed by atoms with Crippen molar-refractivity contribution in [2.75, 3.05) is 5.73 Å². The smallest absolute Gasteiger partial charge is 0.131 e. The van der Waals surface area contributed by atoms with Crippen molar-refractivity contribution in [2.45, 2.75) is 50.3 Å². The Bertz CT molecular complexity index is 331. The van der Waals surface area contributed by atoms with Crippen molar-refractivity contribution in [1.82, 2.24) is 9.97 Å². The summed E-state index contributed by atoms with van der Waals surface area (Å²) >= 11 is 1.75. The maximum atomic E-state index is 5.86. The van der Waals surface area contributed by atoms with Crippen molar-refractivity contribution >= 4 is 17.6 Å². The molecular weight excluding hydrogens is 206 g/mol. The van der Waals surface area contributed by atoms with Crippen LogP contribution in [-0.4, -0.2) is 14.7 Å². The zero-order chi connectivity index (χ0) is 11.5. The molecule has 0 atom stereocenters. The van der Waals surface area contributed by atoms with Gasteiger partial charge >= 0.3 is 0 Å². The predicted molar refractivity (Wildman–Crippen MR) is 66.0 cm³/mol. The molecule has 0 unspecified atom stereocenters. The van der Waals surface area contributed by atoms with Crippen LogP contribution in [0, 0.1) is 0 Å². The summed E-state index contributed by atoms with van der Waals surface area (Å²) in [5.74, 6) is 0.624. The molecule has 0 amide bonds. The van der Waals surface area contributed by atoms with Crippen LogP contribution in [0.3, 0.4) is 0 Å². The fraction of sp³-hybridized carbons (Fsp3) is 0.636. The second kappa shape index (κ2) is 4.84. The third-order valence-corrected chi connectivity index (χ3v) is 3.00. The molecule has 0 saturated heterocycles. The summed E-state index contributed by atoms with van der Waals surface area (Å²) in [6.45, 7) is 8.65. The Kier molecular flexibility index (Phi) is 3.97. The van der Waals surface area contributed by atoms with Gasteiger partial charge in [-0.1, -0.05) is 34.1 Å².